The van der Waals surface area contributed by atoms with Gasteiger partial charge in [0, 0.05) is 24.8 Å². The van der Waals surface area contributed by atoms with Gasteiger partial charge in [-0.3, -0.25) is 9.59 Å². The fraction of sp³-hybridized carbons (Fsp3) is 0.682. The number of allylic oxidation sites excluding steroid dienone is 1. The molecule has 2 fully saturated rings. The standard InChI is InChI=1S/C22H30O7/c1-7-10(2)20(25)27-16-9-22(6,29-13(5)23)14-8-15(24)11(3)17(14)19-18(16)12(4)21(26)28-19/h7,12,14-16,18-19,24H,8-9H2,1-6H3/b10-7-/t12-,14+,15-,16+,18+,19+,22+/m0/s1. The Balaban J connectivity index is 2.11. The van der Waals surface area contributed by atoms with Crippen LogP contribution in [0, 0.1) is 17.8 Å². The summed E-state index contributed by atoms with van der Waals surface area (Å²) < 4.78 is 17.3. The lowest BCUT2D eigenvalue weighted by atomic mass is 9.81. The highest BCUT2D eigenvalue weighted by Gasteiger charge is 2.60. The van der Waals surface area contributed by atoms with Crippen molar-refractivity contribution >= 4 is 17.9 Å². The Bertz CT molecular complexity index is 795. The van der Waals surface area contributed by atoms with Gasteiger partial charge in [0.15, 0.2) is 0 Å². The van der Waals surface area contributed by atoms with Gasteiger partial charge in [-0.15, -0.1) is 0 Å². The van der Waals surface area contributed by atoms with Crippen molar-refractivity contribution in [1.82, 2.24) is 0 Å². The quantitative estimate of drug-likeness (QED) is 0.333. The monoisotopic (exact) mass is 406 g/mol. The van der Waals surface area contributed by atoms with E-state index in [9.17, 15) is 19.5 Å². The van der Waals surface area contributed by atoms with Gasteiger partial charge in [0.1, 0.15) is 17.8 Å². The fourth-order valence-electron chi connectivity index (χ4n) is 5.10. The zero-order valence-corrected chi connectivity index (χ0v) is 17.9. The third-order valence-corrected chi connectivity index (χ3v) is 6.80. The molecule has 0 radical (unpaired) electrons. The number of ether oxygens (including phenoxy) is 3. The van der Waals surface area contributed by atoms with Gasteiger partial charge < -0.3 is 19.3 Å². The molecule has 3 aliphatic rings. The van der Waals surface area contributed by atoms with E-state index in [1.165, 1.54) is 6.92 Å². The maximum absolute atomic E-state index is 12.6. The molecule has 1 aliphatic heterocycles. The lowest BCUT2D eigenvalue weighted by Crippen LogP contribution is -2.43. The molecule has 0 bridgehead atoms. The van der Waals surface area contributed by atoms with Crippen LogP contribution in [0.5, 0.6) is 0 Å². The van der Waals surface area contributed by atoms with E-state index in [0.29, 0.717) is 12.0 Å². The number of esters is 3. The average Bonchev–Trinajstić information content (AvgIpc) is 3.06. The number of aliphatic hydroxyl groups is 1. The lowest BCUT2D eigenvalue weighted by molar-refractivity contribution is -0.168. The second-order valence-electron chi connectivity index (χ2n) is 8.69. The number of carbonyl (C=O) groups excluding carboxylic acids is 3. The van der Waals surface area contributed by atoms with Crippen molar-refractivity contribution in [3.05, 3.63) is 22.8 Å². The average molecular weight is 406 g/mol. The van der Waals surface area contributed by atoms with Crippen LogP contribution < -0.4 is 0 Å². The van der Waals surface area contributed by atoms with Crippen LogP contribution in [-0.2, 0) is 28.6 Å². The molecule has 0 aromatic rings. The minimum absolute atomic E-state index is 0.228. The maximum atomic E-state index is 12.6. The molecule has 0 aromatic carbocycles. The summed E-state index contributed by atoms with van der Waals surface area (Å²) >= 11 is 0. The normalized spacial score (nSPS) is 39.4. The minimum atomic E-state index is -0.995. The van der Waals surface area contributed by atoms with Gasteiger partial charge in [0.05, 0.1) is 17.9 Å². The maximum Gasteiger partial charge on any atom is 0.333 e. The van der Waals surface area contributed by atoms with E-state index in [0.717, 1.165) is 11.1 Å². The number of aliphatic hydroxyl groups excluding tert-OH is 1. The number of fused-ring (bicyclic) bond motifs is 3. The van der Waals surface area contributed by atoms with Crippen LogP contribution in [-0.4, -0.2) is 46.9 Å². The first-order chi connectivity index (χ1) is 13.5. The van der Waals surface area contributed by atoms with Crippen LogP contribution >= 0.6 is 0 Å². The Morgan fingerprint density at radius 2 is 1.97 bits per heavy atom. The molecule has 1 N–H and O–H groups in total. The molecule has 3 rings (SSSR count). The highest BCUT2D eigenvalue weighted by Crippen LogP contribution is 2.53. The van der Waals surface area contributed by atoms with Gasteiger partial charge in [-0.25, -0.2) is 4.79 Å². The summed E-state index contributed by atoms with van der Waals surface area (Å²) in [7, 11) is 0. The van der Waals surface area contributed by atoms with Crippen LogP contribution in [0.15, 0.2) is 22.8 Å². The second kappa shape index (κ2) is 7.59. The Labute approximate surface area is 171 Å². The molecule has 7 heteroatoms. The van der Waals surface area contributed by atoms with Crippen LogP contribution in [0.25, 0.3) is 0 Å². The van der Waals surface area contributed by atoms with Crippen molar-refractivity contribution in [2.24, 2.45) is 17.8 Å². The highest BCUT2D eigenvalue weighted by molar-refractivity contribution is 5.88. The molecule has 2 aliphatic carbocycles. The molecule has 0 amide bonds. The van der Waals surface area contributed by atoms with Crippen LogP contribution in [0.4, 0.5) is 0 Å². The Morgan fingerprint density at radius 3 is 2.55 bits per heavy atom. The minimum Gasteiger partial charge on any atom is -0.459 e. The number of carbonyl (C=O) groups is 3. The van der Waals surface area contributed by atoms with Gasteiger partial charge in [0.25, 0.3) is 0 Å². The third kappa shape index (κ3) is 3.61. The van der Waals surface area contributed by atoms with E-state index in [1.807, 2.05) is 6.92 Å². The Kier molecular flexibility index (Phi) is 5.64. The highest BCUT2D eigenvalue weighted by atomic mass is 16.6. The molecule has 1 saturated carbocycles. The van der Waals surface area contributed by atoms with Gasteiger partial charge in [-0.2, -0.15) is 0 Å². The third-order valence-electron chi connectivity index (χ3n) is 6.80. The number of hydrogen-bond acceptors (Lipinski definition) is 7. The molecule has 7 atom stereocenters. The van der Waals surface area contributed by atoms with E-state index in [-0.39, 0.29) is 18.3 Å². The summed E-state index contributed by atoms with van der Waals surface area (Å²) in [6.07, 6.45) is 0.293. The predicted molar refractivity (Wildman–Crippen MR) is 103 cm³/mol. The fourth-order valence-corrected chi connectivity index (χ4v) is 5.10. The van der Waals surface area contributed by atoms with E-state index >= 15 is 0 Å². The zero-order chi connectivity index (χ0) is 21.7. The summed E-state index contributed by atoms with van der Waals surface area (Å²) in [5.74, 6) is -2.48. The smallest absolute Gasteiger partial charge is 0.333 e. The van der Waals surface area contributed by atoms with Crippen molar-refractivity contribution in [2.45, 2.75) is 78.3 Å². The summed E-state index contributed by atoms with van der Waals surface area (Å²) in [4.78, 5) is 36.9. The summed E-state index contributed by atoms with van der Waals surface area (Å²) in [5, 5.41) is 10.5. The molecule has 0 aromatic heterocycles. The van der Waals surface area contributed by atoms with E-state index in [1.54, 1.807) is 33.8 Å². The van der Waals surface area contributed by atoms with Gasteiger partial charge >= 0.3 is 17.9 Å². The summed E-state index contributed by atoms with van der Waals surface area (Å²) in [6, 6.07) is 0. The van der Waals surface area contributed by atoms with E-state index in [2.05, 4.69) is 0 Å². The Hall–Kier alpha value is -2.15. The molecule has 1 heterocycles. The van der Waals surface area contributed by atoms with E-state index in [4.69, 9.17) is 14.2 Å². The van der Waals surface area contributed by atoms with Crippen molar-refractivity contribution < 1.29 is 33.7 Å². The van der Waals surface area contributed by atoms with Gasteiger partial charge in [0.2, 0.25) is 0 Å². The topological polar surface area (TPSA) is 99.1 Å². The predicted octanol–water partition coefficient (Wildman–Crippen LogP) is 2.46. The molecule has 1 saturated heterocycles. The SMILES string of the molecule is C/C=C(/C)C(=O)O[C@@H]1C[C@@](C)(OC(C)=O)[C@@H]2C[C@H](O)C(C)=C2[C@H]2OC(=O)[C@@H](C)[C@@H]21. The molecule has 0 unspecified atom stereocenters. The van der Waals surface area contributed by atoms with Crippen LogP contribution in [0.1, 0.15) is 54.4 Å². The molecule has 0 spiro atoms. The van der Waals surface area contributed by atoms with Crippen molar-refractivity contribution in [3.63, 3.8) is 0 Å². The Morgan fingerprint density at radius 1 is 1.31 bits per heavy atom. The molecule has 29 heavy (non-hydrogen) atoms. The van der Waals surface area contributed by atoms with Crippen LogP contribution in [0.2, 0.25) is 0 Å². The lowest BCUT2D eigenvalue weighted by Gasteiger charge is -2.37. The van der Waals surface area contributed by atoms with E-state index < -0.39 is 47.7 Å². The van der Waals surface area contributed by atoms with Gasteiger partial charge in [-0.05, 0) is 45.3 Å². The molecular weight excluding hydrogens is 376 g/mol. The second-order valence-corrected chi connectivity index (χ2v) is 8.69. The first-order valence-electron chi connectivity index (χ1n) is 10.1. The zero-order valence-electron chi connectivity index (χ0n) is 17.9. The summed E-state index contributed by atoms with van der Waals surface area (Å²) in [6.45, 7) is 10.1. The van der Waals surface area contributed by atoms with Crippen molar-refractivity contribution in [3.8, 4) is 0 Å². The van der Waals surface area contributed by atoms with Crippen molar-refractivity contribution in [2.75, 3.05) is 0 Å². The number of hydrogen-bond donors (Lipinski definition) is 1. The van der Waals surface area contributed by atoms with Crippen molar-refractivity contribution in [1.29, 1.82) is 0 Å². The molecular formula is C22H30O7. The number of rotatable bonds is 3. The van der Waals surface area contributed by atoms with Gasteiger partial charge in [-0.1, -0.05) is 13.0 Å². The largest absolute Gasteiger partial charge is 0.459 e. The summed E-state index contributed by atoms with van der Waals surface area (Å²) in [5.41, 5.74) is 1.00. The molecule has 160 valence electrons. The van der Waals surface area contributed by atoms with Crippen LogP contribution in [0.3, 0.4) is 0 Å². The first-order valence-corrected chi connectivity index (χ1v) is 10.1. The first kappa shape index (κ1) is 21.6. The molecule has 7 nitrogen and oxygen atoms in total.